The predicted molar refractivity (Wildman–Crippen MR) is 92.0 cm³/mol. The summed E-state index contributed by atoms with van der Waals surface area (Å²) in [6.07, 6.45) is -3.07. The van der Waals surface area contributed by atoms with E-state index in [4.69, 9.17) is 11.6 Å². The van der Waals surface area contributed by atoms with E-state index in [1.165, 1.54) is 18.3 Å². The number of aromatic nitrogens is 1. The molecule has 1 aromatic heterocycles. The van der Waals surface area contributed by atoms with Crippen molar-refractivity contribution < 1.29 is 18.0 Å². The van der Waals surface area contributed by atoms with Gasteiger partial charge in [0.05, 0.1) is 16.3 Å². The van der Waals surface area contributed by atoms with Crippen LogP contribution in [0.3, 0.4) is 0 Å². The molecule has 0 saturated carbocycles. The van der Waals surface area contributed by atoms with Crippen molar-refractivity contribution in [3.8, 4) is 0 Å². The molecular weight excluding hydrogens is 355 g/mol. The molecule has 0 atom stereocenters. The van der Waals surface area contributed by atoms with Crippen molar-refractivity contribution in [1.82, 2.24) is 4.98 Å². The zero-order valence-electron chi connectivity index (χ0n) is 13.6. The number of nitrogens with one attached hydrogen (secondary N) is 2. The summed E-state index contributed by atoms with van der Waals surface area (Å²) < 4.78 is 38.4. The normalized spacial score (nSPS) is 11.5. The molecule has 0 aliphatic carbocycles. The van der Waals surface area contributed by atoms with Crippen molar-refractivity contribution in [1.29, 1.82) is 0 Å². The van der Waals surface area contributed by atoms with Gasteiger partial charge in [0.2, 0.25) is 0 Å². The summed E-state index contributed by atoms with van der Waals surface area (Å²) >= 11 is 5.89. The van der Waals surface area contributed by atoms with Crippen LogP contribution in [0, 0.1) is 5.92 Å². The second kappa shape index (κ2) is 7.74. The van der Waals surface area contributed by atoms with E-state index in [1.54, 1.807) is 0 Å². The Balaban J connectivity index is 2.18. The maximum absolute atomic E-state index is 12.8. The molecule has 25 heavy (non-hydrogen) atoms. The average Bonchev–Trinajstić information content (AvgIpc) is 2.54. The third-order valence-electron chi connectivity index (χ3n) is 3.26. The molecule has 1 heterocycles. The number of hydrogen-bond acceptors (Lipinski definition) is 3. The molecule has 4 nitrogen and oxygen atoms in total. The smallest absolute Gasteiger partial charge is 0.370 e. The van der Waals surface area contributed by atoms with Gasteiger partial charge in [-0.05, 0) is 36.2 Å². The lowest BCUT2D eigenvalue weighted by Crippen LogP contribution is -2.15. The summed E-state index contributed by atoms with van der Waals surface area (Å²) in [6.45, 7) is 4.73. The Kier molecular flexibility index (Phi) is 5.89. The molecule has 8 heteroatoms. The molecule has 0 spiro atoms. The first-order chi connectivity index (χ1) is 11.7. The molecular formula is C17H17ClF3N3O. The number of halogens is 4. The van der Waals surface area contributed by atoms with Gasteiger partial charge in [0, 0.05) is 18.3 Å². The van der Waals surface area contributed by atoms with Gasteiger partial charge in [0.15, 0.2) is 0 Å². The zero-order chi connectivity index (χ0) is 18.6. The fraction of sp³-hybridized carbons (Fsp3) is 0.294. The minimum Gasteiger partial charge on any atom is -0.370 e. The van der Waals surface area contributed by atoms with Crippen LogP contribution in [0.1, 0.15) is 29.8 Å². The maximum atomic E-state index is 12.8. The second-order valence-electron chi connectivity index (χ2n) is 5.85. The molecule has 0 bridgehead atoms. The number of alkyl halides is 3. The molecule has 1 aromatic carbocycles. The van der Waals surface area contributed by atoms with Gasteiger partial charge in [-0.1, -0.05) is 25.4 Å². The van der Waals surface area contributed by atoms with Crippen LogP contribution in [-0.4, -0.2) is 17.4 Å². The summed E-state index contributed by atoms with van der Waals surface area (Å²) in [4.78, 5) is 16.4. The van der Waals surface area contributed by atoms with Gasteiger partial charge in [0.25, 0.3) is 5.91 Å². The van der Waals surface area contributed by atoms with Gasteiger partial charge in [0.1, 0.15) is 5.82 Å². The van der Waals surface area contributed by atoms with E-state index in [2.05, 4.69) is 15.6 Å². The van der Waals surface area contributed by atoms with E-state index < -0.39 is 17.6 Å². The van der Waals surface area contributed by atoms with E-state index >= 15 is 0 Å². The largest absolute Gasteiger partial charge is 0.416 e. The number of hydrogen-bond donors (Lipinski definition) is 2. The van der Waals surface area contributed by atoms with Crippen LogP contribution in [0.2, 0.25) is 5.02 Å². The molecule has 2 N–H and O–H groups in total. The molecule has 2 aromatic rings. The minimum absolute atomic E-state index is 0.0218. The molecule has 0 unspecified atom stereocenters. The van der Waals surface area contributed by atoms with Crippen LogP contribution in [0.4, 0.5) is 24.7 Å². The highest BCUT2D eigenvalue weighted by atomic mass is 35.5. The lowest BCUT2D eigenvalue weighted by molar-refractivity contribution is -0.137. The van der Waals surface area contributed by atoms with Crippen LogP contribution in [0.15, 0.2) is 36.5 Å². The standard InChI is InChI=1S/C17H17ClF3N3O/c1-10(2)9-23-15-7-11(5-6-22-15)16(25)24-14-8-12(17(19,20)21)3-4-13(14)18/h3-8,10H,9H2,1-2H3,(H,22,23)(H,24,25). The fourth-order valence-corrected chi connectivity index (χ4v) is 2.13. The Bertz CT molecular complexity index is 763. The molecule has 0 aliphatic heterocycles. The van der Waals surface area contributed by atoms with Gasteiger partial charge < -0.3 is 10.6 Å². The molecule has 0 saturated heterocycles. The molecule has 0 fully saturated rings. The summed E-state index contributed by atoms with van der Waals surface area (Å²) in [6, 6.07) is 5.76. The zero-order valence-corrected chi connectivity index (χ0v) is 14.4. The van der Waals surface area contributed by atoms with Gasteiger partial charge in [-0.2, -0.15) is 13.2 Å². The Morgan fingerprint density at radius 2 is 1.96 bits per heavy atom. The molecule has 2 rings (SSSR count). The first-order valence-corrected chi connectivity index (χ1v) is 7.92. The number of carbonyl (C=O) groups excluding carboxylic acids is 1. The first-order valence-electron chi connectivity index (χ1n) is 7.55. The molecule has 1 amide bonds. The van der Waals surface area contributed by atoms with Crippen molar-refractivity contribution in [2.75, 3.05) is 17.2 Å². The highest BCUT2D eigenvalue weighted by molar-refractivity contribution is 6.34. The second-order valence-corrected chi connectivity index (χ2v) is 6.26. The van der Waals surface area contributed by atoms with Crippen molar-refractivity contribution in [2.45, 2.75) is 20.0 Å². The van der Waals surface area contributed by atoms with Crippen LogP contribution in [0.25, 0.3) is 0 Å². The third kappa shape index (κ3) is 5.35. The topological polar surface area (TPSA) is 54.0 Å². The summed E-state index contributed by atoms with van der Waals surface area (Å²) in [7, 11) is 0. The van der Waals surface area contributed by atoms with Crippen LogP contribution in [-0.2, 0) is 6.18 Å². The Hall–Kier alpha value is -2.28. The predicted octanol–water partition coefficient (Wildman–Crippen LogP) is 5.07. The summed E-state index contributed by atoms with van der Waals surface area (Å²) in [5.41, 5.74) is -0.731. The van der Waals surface area contributed by atoms with E-state index in [-0.39, 0.29) is 16.3 Å². The van der Waals surface area contributed by atoms with E-state index in [1.807, 2.05) is 13.8 Å². The number of anilines is 2. The van der Waals surface area contributed by atoms with Crippen LogP contribution < -0.4 is 10.6 Å². The van der Waals surface area contributed by atoms with E-state index in [0.29, 0.717) is 18.3 Å². The number of carbonyl (C=O) groups is 1. The Morgan fingerprint density at radius 3 is 2.60 bits per heavy atom. The third-order valence-corrected chi connectivity index (χ3v) is 3.59. The minimum atomic E-state index is -4.52. The number of benzene rings is 1. The van der Waals surface area contributed by atoms with Crippen molar-refractivity contribution in [3.63, 3.8) is 0 Å². The van der Waals surface area contributed by atoms with Crippen LogP contribution in [0.5, 0.6) is 0 Å². The monoisotopic (exact) mass is 371 g/mol. The Labute approximate surface area is 148 Å². The van der Waals surface area contributed by atoms with Gasteiger partial charge in [-0.15, -0.1) is 0 Å². The van der Waals surface area contributed by atoms with E-state index in [9.17, 15) is 18.0 Å². The number of pyridine rings is 1. The number of nitrogens with zero attached hydrogens (tertiary/aromatic N) is 1. The van der Waals surface area contributed by atoms with E-state index in [0.717, 1.165) is 18.2 Å². The van der Waals surface area contributed by atoms with Crippen LogP contribution >= 0.6 is 11.6 Å². The van der Waals surface area contributed by atoms with Crippen molar-refractivity contribution >= 4 is 29.0 Å². The van der Waals surface area contributed by atoms with Gasteiger partial charge >= 0.3 is 6.18 Å². The quantitative estimate of drug-likeness (QED) is 0.771. The highest BCUT2D eigenvalue weighted by Crippen LogP contribution is 2.34. The lowest BCUT2D eigenvalue weighted by Gasteiger charge is -2.12. The highest BCUT2D eigenvalue weighted by Gasteiger charge is 2.31. The fourth-order valence-electron chi connectivity index (χ4n) is 1.97. The van der Waals surface area contributed by atoms with Crippen molar-refractivity contribution in [2.24, 2.45) is 5.92 Å². The van der Waals surface area contributed by atoms with Crippen molar-refractivity contribution in [3.05, 3.63) is 52.7 Å². The summed E-state index contributed by atoms with van der Waals surface area (Å²) in [5, 5.41) is 5.50. The number of rotatable bonds is 5. The molecule has 0 aliphatic rings. The van der Waals surface area contributed by atoms with Gasteiger partial charge in [-0.25, -0.2) is 4.98 Å². The summed E-state index contributed by atoms with van der Waals surface area (Å²) in [5.74, 6) is 0.330. The molecule has 134 valence electrons. The number of amides is 1. The maximum Gasteiger partial charge on any atom is 0.416 e. The first kappa shape index (κ1) is 19.1. The Morgan fingerprint density at radius 1 is 1.24 bits per heavy atom. The van der Waals surface area contributed by atoms with Gasteiger partial charge in [-0.3, -0.25) is 4.79 Å². The molecule has 0 radical (unpaired) electrons. The SMILES string of the molecule is CC(C)CNc1cc(C(=O)Nc2cc(C(F)(F)F)ccc2Cl)ccn1. The average molecular weight is 372 g/mol. The lowest BCUT2D eigenvalue weighted by atomic mass is 10.1.